The molecule has 1 unspecified atom stereocenters. The summed E-state index contributed by atoms with van der Waals surface area (Å²) >= 11 is 3.47. The van der Waals surface area contributed by atoms with E-state index in [0.717, 1.165) is 24.1 Å². The molecule has 1 rings (SSSR count). The summed E-state index contributed by atoms with van der Waals surface area (Å²) in [6, 6.07) is 8.58. The van der Waals surface area contributed by atoms with E-state index in [2.05, 4.69) is 71.3 Å². The van der Waals surface area contributed by atoms with Crippen LogP contribution in [-0.4, -0.2) is 32.1 Å². The monoisotopic (exact) mass is 312 g/mol. The van der Waals surface area contributed by atoms with Gasteiger partial charge in [0.05, 0.1) is 0 Å². The molecule has 0 aliphatic rings. The molecule has 1 aromatic rings. The number of hydrogen-bond donors (Lipinski definition) is 1. The van der Waals surface area contributed by atoms with Crippen molar-refractivity contribution in [3.63, 3.8) is 0 Å². The standard InChI is InChI=1S/C15H25BrN2/c1-5-15(2,11-17-3)12-18(4)10-13-6-8-14(16)9-7-13/h6-9,17H,5,10-12H2,1-4H3. The number of benzene rings is 1. The van der Waals surface area contributed by atoms with Gasteiger partial charge in [0.2, 0.25) is 0 Å². The van der Waals surface area contributed by atoms with Crippen LogP contribution in [0, 0.1) is 5.41 Å². The summed E-state index contributed by atoms with van der Waals surface area (Å²) in [5.41, 5.74) is 1.71. The summed E-state index contributed by atoms with van der Waals surface area (Å²) in [5, 5.41) is 3.30. The zero-order valence-corrected chi connectivity index (χ0v) is 13.5. The molecular weight excluding hydrogens is 288 g/mol. The van der Waals surface area contributed by atoms with Crippen LogP contribution >= 0.6 is 15.9 Å². The Morgan fingerprint density at radius 3 is 2.39 bits per heavy atom. The SMILES string of the molecule is CCC(C)(CNC)CN(C)Cc1ccc(Br)cc1. The zero-order valence-electron chi connectivity index (χ0n) is 12.0. The van der Waals surface area contributed by atoms with Crippen LogP contribution in [0.5, 0.6) is 0 Å². The molecule has 0 aliphatic heterocycles. The molecule has 0 saturated carbocycles. The smallest absolute Gasteiger partial charge is 0.0230 e. The number of hydrogen-bond acceptors (Lipinski definition) is 2. The summed E-state index contributed by atoms with van der Waals surface area (Å²) in [4.78, 5) is 2.41. The number of nitrogens with zero attached hydrogens (tertiary/aromatic N) is 1. The molecule has 18 heavy (non-hydrogen) atoms. The van der Waals surface area contributed by atoms with E-state index in [-0.39, 0.29) is 0 Å². The van der Waals surface area contributed by atoms with Crippen molar-refractivity contribution in [3.8, 4) is 0 Å². The Kier molecular flexibility index (Phi) is 6.33. The predicted molar refractivity (Wildman–Crippen MR) is 82.8 cm³/mol. The molecule has 0 aliphatic carbocycles. The van der Waals surface area contributed by atoms with Gasteiger partial charge < -0.3 is 10.2 Å². The lowest BCUT2D eigenvalue weighted by atomic mass is 9.87. The molecule has 0 spiro atoms. The second-order valence-electron chi connectivity index (χ2n) is 5.49. The normalized spacial score (nSPS) is 14.8. The third-order valence-electron chi connectivity index (χ3n) is 3.47. The Bertz CT molecular complexity index is 350. The van der Waals surface area contributed by atoms with Gasteiger partial charge in [-0.3, -0.25) is 0 Å². The minimum Gasteiger partial charge on any atom is -0.319 e. The van der Waals surface area contributed by atoms with Crippen molar-refractivity contribution in [3.05, 3.63) is 34.3 Å². The van der Waals surface area contributed by atoms with E-state index in [1.54, 1.807) is 0 Å². The first kappa shape index (κ1) is 15.7. The Labute approximate surface area is 120 Å². The molecule has 0 heterocycles. The van der Waals surface area contributed by atoms with Crippen molar-refractivity contribution in [1.29, 1.82) is 0 Å². The summed E-state index contributed by atoms with van der Waals surface area (Å²) in [6.45, 7) is 7.80. The molecule has 1 N–H and O–H groups in total. The molecular formula is C15H25BrN2. The Balaban J connectivity index is 2.54. The van der Waals surface area contributed by atoms with Crippen LogP contribution in [0.25, 0.3) is 0 Å². The van der Waals surface area contributed by atoms with Crippen LogP contribution in [0.3, 0.4) is 0 Å². The molecule has 0 aromatic heterocycles. The van der Waals surface area contributed by atoms with Gasteiger partial charge in [0.25, 0.3) is 0 Å². The molecule has 102 valence electrons. The summed E-state index contributed by atoms with van der Waals surface area (Å²) < 4.78 is 1.14. The van der Waals surface area contributed by atoms with Gasteiger partial charge in [-0.05, 0) is 43.6 Å². The minimum absolute atomic E-state index is 0.346. The van der Waals surface area contributed by atoms with E-state index in [0.29, 0.717) is 5.41 Å². The summed E-state index contributed by atoms with van der Waals surface area (Å²) in [6.07, 6.45) is 1.19. The van der Waals surface area contributed by atoms with Crippen LogP contribution in [0.1, 0.15) is 25.8 Å². The lowest BCUT2D eigenvalue weighted by Crippen LogP contribution is -2.39. The topological polar surface area (TPSA) is 15.3 Å². The van der Waals surface area contributed by atoms with Gasteiger partial charge >= 0.3 is 0 Å². The maximum absolute atomic E-state index is 3.47. The van der Waals surface area contributed by atoms with E-state index in [4.69, 9.17) is 0 Å². The van der Waals surface area contributed by atoms with Gasteiger partial charge in [-0.2, -0.15) is 0 Å². The van der Waals surface area contributed by atoms with Crippen LogP contribution < -0.4 is 5.32 Å². The number of rotatable bonds is 7. The first-order valence-corrected chi connectivity index (χ1v) is 7.36. The quantitative estimate of drug-likeness (QED) is 0.828. The Morgan fingerprint density at radius 1 is 1.28 bits per heavy atom. The Hall–Kier alpha value is -0.380. The molecule has 0 amide bonds. The molecule has 0 fully saturated rings. The highest BCUT2D eigenvalue weighted by molar-refractivity contribution is 9.10. The van der Waals surface area contributed by atoms with Crippen molar-refractivity contribution >= 4 is 15.9 Å². The zero-order chi connectivity index (χ0) is 13.6. The van der Waals surface area contributed by atoms with Crippen LogP contribution in [-0.2, 0) is 6.54 Å². The minimum atomic E-state index is 0.346. The predicted octanol–water partition coefficient (Wildman–Crippen LogP) is 3.52. The van der Waals surface area contributed by atoms with Gasteiger partial charge in [-0.1, -0.05) is 41.9 Å². The molecule has 1 aromatic carbocycles. The maximum atomic E-state index is 3.47. The highest BCUT2D eigenvalue weighted by Gasteiger charge is 2.22. The van der Waals surface area contributed by atoms with Gasteiger partial charge in [-0.25, -0.2) is 0 Å². The average Bonchev–Trinajstić information content (AvgIpc) is 2.32. The first-order valence-electron chi connectivity index (χ1n) is 6.56. The van der Waals surface area contributed by atoms with Crippen molar-refractivity contribution in [1.82, 2.24) is 10.2 Å². The maximum Gasteiger partial charge on any atom is 0.0230 e. The average molecular weight is 313 g/mol. The molecule has 2 nitrogen and oxygen atoms in total. The third kappa shape index (κ3) is 5.09. The van der Waals surface area contributed by atoms with E-state index in [9.17, 15) is 0 Å². The molecule has 1 atom stereocenters. The van der Waals surface area contributed by atoms with Gasteiger partial charge in [0, 0.05) is 24.1 Å². The van der Waals surface area contributed by atoms with E-state index < -0.39 is 0 Å². The number of halogens is 1. The van der Waals surface area contributed by atoms with Crippen molar-refractivity contribution in [2.75, 3.05) is 27.2 Å². The van der Waals surface area contributed by atoms with E-state index in [1.165, 1.54) is 12.0 Å². The van der Waals surface area contributed by atoms with Crippen molar-refractivity contribution in [2.45, 2.75) is 26.8 Å². The summed E-state index contributed by atoms with van der Waals surface area (Å²) in [5.74, 6) is 0. The van der Waals surface area contributed by atoms with E-state index >= 15 is 0 Å². The third-order valence-corrected chi connectivity index (χ3v) is 4.00. The number of nitrogens with one attached hydrogen (secondary N) is 1. The van der Waals surface area contributed by atoms with Crippen LogP contribution in [0.15, 0.2) is 28.7 Å². The van der Waals surface area contributed by atoms with Gasteiger partial charge in [0.1, 0.15) is 0 Å². The van der Waals surface area contributed by atoms with Gasteiger partial charge in [-0.15, -0.1) is 0 Å². The highest BCUT2D eigenvalue weighted by atomic mass is 79.9. The van der Waals surface area contributed by atoms with Crippen LogP contribution in [0.4, 0.5) is 0 Å². The highest BCUT2D eigenvalue weighted by Crippen LogP contribution is 2.22. The second kappa shape index (κ2) is 7.27. The fourth-order valence-corrected chi connectivity index (χ4v) is 2.59. The molecule has 3 heteroatoms. The fraction of sp³-hybridized carbons (Fsp3) is 0.600. The fourth-order valence-electron chi connectivity index (χ4n) is 2.33. The van der Waals surface area contributed by atoms with E-state index in [1.807, 2.05) is 7.05 Å². The second-order valence-corrected chi connectivity index (χ2v) is 6.41. The largest absolute Gasteiger partial charge is 0.319 e. The summed E-state index contributed by atoms with van der Waals surface area (Å²) in [7, 11) is 4.23. The van der Waals surface area contributed by atoms with Crippen molar-refractivity contribution in [2.24, 2.45) is 5.41 Å². The molecule has 0 radical (unpaired) electrons. The molecule has 0 bridgehead atoms. The Morgan fingerprint density at radius 2 is 1.89 bits per heavy atom. The lowest BCUT2D eigenvalue weighted by molar-refractivity contribution is 0.178. The van der Waals surface area contributed by atoms with Gasteiger partial charge in [0.15, 0.2) is 0 Å². The van der Waals surface area contributed by atoms with Crippen LogP contribution in [0.2, 0.25) is 0 Å². The first-order chi connectivity index (χ1) is 8.49. The van der Waals surface area contributed by atoms with Crippen molar-refractivity contribution < 1.29 is 0 Å². The lowest BCUT2D eigenvalue weighted by Gasteiger charge is -2.33. The molecule has 0 saturated heterocycles.